The van der Waals surface area contributed by atoms with E-state index in [-0.39, 0.29) is 0 Å². The molecule has 0 amide bonds. The highest BCUT2D eigenvalue weighted by Crippen LogP contribution is 2.08. The average Bonchev–Trinajstić information content (AvgIpc) is 1.97. The molecule has 0 unspecified atom stereocenters. The molecule has 0 saturated heterocycles. The molecule has 102 valence electrons. The van der Waals surface area contributed by atoms with Gasteiger partial charge in [0.05, 0.1) is 0 Å². The van der Waals surface area contributed by atoms with Crippen molar-refractivity contribution in [1.82, 2.24) is 0 Å². The van der Waals surface area contributed by atoms with E-state index in [2.05, 4.69) is 44.8 Å². The van der Waals surface area contributed by atoms with E-state index in [1.807, 2.05) is 0 Å². The summed E-state index contributed by atoms with van der Waals surface area (Å²) in [5, 5.41) is 2.37. The summed E-state index contributed by atoms with van der Waals surface area (Å²) in [5.41, 5.74) is 2.95. The fraction of sp³-hybridized carbons (Fsp3) is 0.636. The van der Waals surface area contributed by atoms with Crippen LogP contribution in [0.5, 0.6) is 0 Å². The van der Waals surface area contributed by atoms with E-state index >= 15 is 0 Å². The van der Waals surface area contributed by atoms with Crippen molar-refractivity contribution in [2.75, 3.05) is 12.5 Å². The number of hydrogen-bond donors (Lipinski definition) is 0. The summed E-state index contributed by atoms with van der Waals surface area (Å²) in [6.45, 7) is 6.54. The summed E-state index contributed by atoms with van der Waals surface area (Å²) in [4.78, 5) is 0. The van der Waals surface area contributed by atoms with Gasteiger partial charge in [-0.05, 0) is 39.2 Å². The Morgan fingerprint density at radius 2 is 1.47 bits per heavy atom. The van der Waals surface area contributed by atoms with E-state index in [0.29, 0.717) is 10.9 Å². The Kier molecular flexibility index (Phi) is 10.7. The molecule has 0 aliphatic carbocycles. The van der Waals surface area contributed by atoms with E-state index in [4.69, 9.17) is 0 Å². The van der Waals surface area contributed by atoms with Crippen molar-refractivity contribution in [3.8, 4) is 0 Å². The molecular weight excluding hydrogens is 251 g/mol. The van der Waals surface area contributed by atoms with Crippen LogP contribution in [-0.2, 0) is 10.9 Å². The normalized spacial score (nSPS) is 12.0. The van der Waals surface area contributed by atoms with Crippen LogP contribution in [0.3, 0.4) is 0 Å². The second-order valence-corrected chi connectivity index (χ2v) is 6.15. The minimum Gasteiger partial charge on any atom is -0.418 e. The van der Waals surface area contributed by atoms with Crippen molar-refractivity contribution in [2.45, 2.75) is 33.6 Å². The second-order valence-electron chi connectivity index (χ2n) is 4.16. The Morgan fingerprint density at radius 1 is 1.06 bits per heavy atom. The van der Waals surface area contributed by atoms with Crippen LogP contribution in [0.15, 0.2) is 22.6 Å². The van der Waals surface area contributed by atoms with Crippen LogP contribution in [0.4, 0.5) is 17.3 Å². The zero-order valence-electron chi connectivity index (χ0n) is 11.1. The van der Waals surface area contributed by atoms with Crippen molar-refractivity contribution in [2.24, 2.45) is 0 Å². The predicted molar refractivity (Wildman–Crippen MR) is 71.8 cm³/mol. The second kappa shape index (κ2) is 9.63. The van der Waals surface area contributed by atoms with Gasteiger partial charge in [-0.25, -0.2) is 0 Å². The van der Waals surface area contributed by atoms with Gasteiger partial charge in [0, 0.05) is 10.9 Å². The van der Waals surface area contributed by atoms with Crippen LogP contribution in [0, 0.1) is 0 Å². The average molecular weight is 272 g/mol. The monoisotopic (exact) mass is 272 g/mol. The van der Waals surface area contributed by atoms with Gasteiger partial charge in [0.1, 0.15) is 17.9 Å². The van der Waals surface area contributed by atoms with Gasteiger partial charge in [0.25, 0.3) is 0 Å². The lowest BCUT2D eigenvalue weighted by Gasteiger charge is -1.96. The third-order valence-corrected chi connectivity index (χ3v) is 2.40. The third kappa shape index (κ3) is 31.3. The summed E-state index contributed by atoms with van der Waals surface area (Å²) >= 11 is 0. The highest BCUT2D eigenvalue weighted by Gasteiger charge is 2.20. The zero-order chi connectivity index (χ0) is 14.1. The molecule has 0 aromatic carbocycles. The summed E-state index contributed by atoms with van der Waals surface area (Å²) in [7, 11) is -5.54. The number of allylic oxidation sites excluding steroid dienone is 3. The first kappa shape index (κ1) is 19.0. The molecule has 0 atom stereocenters. The lowest BCUT2D eigenvalue weighted by atomic mass is 10.1. The maximum absolute atomic E-state index is 9.75. The molecule has 0 spiro atoms. The predicted octanol–water partition coefficient (Wildman–Crippen LogP) is 4.81. The molecule has 0 aromatic rings. The van der Waals surface area contributed by atoms with Crippen molar-refractivity contribution in [3.63, 3.8) is 0 Å². The summed E-state index contributed by atoms with van der Waals surface area (Å²) < 4.78 is 39.0. The Morgan fingerprint density at radius 3 is 1.76 bits per heavy atom. The quantitative estimate of drug-likeness (QED) is 0.298. The van der Waals surface area contributed by atoms with E-state index in [9.17, 15) is 17.3 Å². The highest BCUT2D eigenvalue weighted by molar-refractivity contribution is 7.98. The Hall–Kier alpha value is -0.385. The molecule has 0 fully saturated rings. The minimum absolute atomic E-state index is 0.457. The van der Waals surface area contributed by atoms with Crippen LogP contribution < -0.4 is 0 Å². The van der Waals surface area contributed by atoms with Crippen molar-refractivity contribution in [3.05, 3.63) is 22.6 Å². The molecule has 0 aliphatic rings. The molecule has 0 nitrogen and oxygen atoms in total. The van der Waals surface area contributed by atoms with E-state index < -0.39 is 7.25 Å². The molecular formula is C11H21BF4S. The first-order valence-electron chi connectivity index (χ1n) is 5.26. The van der Waals surface area contributed by atoms with Crippen LogP contribution >= 0.6 is 0 Å². The van der Waals surface area contributed by atoms with Crippen LogP contribution in [0.1, 0.15) is 33.6 Å². The van der Waals surface area contributed by atoms with E-state index in [1.165, 1.54) is 24.0 Å². The fourth-order valence-electron chi connectivity index (χ4n) is 1.05. The largest absolute Gasteiger partial charge is 0.673 e. The molecule has 6 heteroatoms. The van der Waals surface area contributed by atoms with Gasteiger partial charge in [-0.1, -0.05) is 11.6 Å². The molecule has 0 bridgehead atoms. The number of hydrogen-bond acceptors (Lipinski definition) is 0. The smallest absolute Gasteiger partial charge is 0.418 e. The molecule has 0 aliphatic heterocycles. The molecule has 0 aromatic heterocycles. The Labute approximate surface area is 105 Å². The standard InChI is InChI=1S/C11H21S.BF4/c1-10(2)7-6-8-11(3)9-12(4)5;2-1(3,4)5/h7,9H,6,8H2,1-5H3;/q+1;-1/b11-9+;. The maximum atomic E-state index is 9.75. The molecule has 0 rings (SSSR count). The highest BCUT2D eigenvalue weighted by atomic mass is 32.2. The lowest BCUT2D eigenvalue weighted by molar-refractivity contribution is 0.368. The number of halogens is 4. The Balaban J connectivity index is 0. The van der Waals surface area contributed by atoms with E-state index in [0.717, 1.165) is 0 Å². The van der Waals surface area contributed by atoms with Gasteiger partial charge in [-0.3, -0.25) is 0 Å². The molecule has 0 N–H and O–H groups in total. The lowest BCUT2D eigenvalue weighted by Crippen LogP contribution is -2.02. The molecule has 0 saturated carbocycles. The van der Waals surface area contributed by atoms with Crippen molar-refractivity contribution in [1.29, 1.82) is 0 Å². The zero-order valence-corrected chi connectivity index (χ0v) is 11.9. The summed E-state index contributed by atoms with van der Waals surface area (Å²) in [6.07, 6.45) is 9.23. The van der Waals surface area contributed by atoms with Gasteiger partial charge in [0.2, 0.25) is 0 Å². The molecule has 17 heavy (non-hydrogen) atoms. The van der Waals surface area contributed by atoms with Gasteiger partial charge >= 0.3 is 7.25 Å². The van der Waals surface area contributed by atoms with Gasteiger partial charge in [-0.15, -0.1) is 0 Å². The summed E-state index contributed by atoms with van der Waals surface area (Å²) in [5.74, 6) is 0. The SMILES string of the molecule is CC(C)=CCC/C(C)=C/[S+](C)C.F[B-](F)(F)F. The first-order valence-corrected chi connectivity index (χ1v) is 7.37. The molecule has 0 heterocycles. The topological polar surface area (TPSA) is 0 Å². The van der Waals surface area contributed by atoms with Gasteiger partial charge in [-0.2, -0.15) is 0 Å². The molecule has 0 radical (unpaired) electrons. The third-order valence-electron chi connectivity index (χ3n) is 1.53. The maximum Gasteiger partial charge on any atom is 0.673 e. The number of rotatable bonds is 4. The first-order chi connectivity index (χ1) is 7.52. The van der Waals surface area contributed by atoms with Crippen molar-refractivity contribution >= 4 is 18.1 Å². The van der Waals surface area contributed by atoms with Crippen LogP contribution in [-0.4, -0.2) is 19.8 Å². The van der Waals surface area contributed by atoms with Crippen LogP contribution in [0.2, 0.25) is 0 Å². The summed E-state index contributed by atoms with van der Waals surface area (Å²) in [6, 6.07) is 0. The van der Waals surface area contributed by atoms with Gasteiger partial charge in [0.15, 0.2) is 0 Å². The van der Waals surface area contributed by atoms with Gasteiger partial charge < -0.3 is 17.3 Å². The van der Waals surface area contributed by atoms with Crippen LogP contribution in [0.25, 0.3) is 0 Å². The Bertz CT molecular complexity index is 247. The van der Waals surface area contributed by atoms with E-state index in [1.54, 1.807) is 0 Å². The minimum atomic E-state index is -6.00. The van der Waals surface area contributed by atoms with Crippen molar-refractivity contribution < 1.29 is 17.3 Å². The fourth-order valence-corrected chi connectivity index (χ4v) is 1.97.